The quantitative estimate of drug-likeness (QED) is 0.807. The molecule has 0 saturated carbocycles. The summed E-state index contributed by atoms with van der Waals surface area (Å²) >= 11 is 0. The number of hydrogen-bond donors (Lipinski definition) is 0. The lowest BCUT2D eigenvalue weighted by Crippen LogP contribution is -2.50. The summed E-state index contributed by atoms with van der Waals surface area (Å²) in [4.78, 5) is 16.7. The van der Waals surface area contributed by atoms with Crippen LogP contribution in [0.15, 0.2) is 54.6 Å². The van der Waals surface area contributed by atoms with Crippen molar-refractivity contribution in [3.05, 3.63) is 71.5 Å². The molecule has 0 bridgehead atoms. The molecule has 1 aliphatic heterocycles. The Morgan fingerprint density at radius 1 is 0.923 bits per heavy atom. The molecule has 0 unspecified atom stereocenters. The smallest absolute Gasteiger partial charge is 0.222 e. The fraction of sp³-hybridized carbons (Fsp3) is 0.409. The Hall–Kier alpha value is -2.20. The van der Waals surface area contributed by atoms with Gasteiger partial charge in [0.1, 0.15) is 5.82 Å². The standard InChI is InChI=1S/C22H27FN2O/c1-17(2)16-21(26)24-12-14-25(15-13-24)22(18-6-4-3-5-7-18)19-8-10-20(23)11-9-19/h3-11,17,22H,12-16H2,1-2H3/t22-/m1/s1. The average molecular weight is 354 g/mol. The highest BCUT2D eigenvalue weighted by Crippen LogP contribution is 2.29. The van der Waals surface area contributed by atoms with Gasteiger partial charge in [-0.2, -0.15) is 0 Å². The summed E-state index contributed by atoms with van der Waals surface area (Å²) < 4.78 is 13.4. The van der Waals surface area contributed by atoms with Crippen LogP contribution >= 0.6 is 0 Å². The number of carbonyl (C=O) groups excluding carboxylic acids is 1. The van der Waals surface area contributed by atoms with Crippen LogP contribution in [0.2, 0.25) is 0 Å². The molecule has 3 nitrogen and oxygen atoms in total. The Balaban J connectivity index is 1.77. The summed E-state index contributed by atoms with van der Waals surface area (Å²) in [7, 11) is 0. The normalized spacial score (nSPS) is 16.7. The summed E-state index contributed by atoms with van der Waals surface area (Å²) in [5.41, 5.74) is 2.28. The third kappa shape index (κ3) is 4.50. The molecule has 1 amide bonds. The highest BCUT2D eigenvalue weighted by atomic mass is 19.1. The minimum Gasteiger partial charge on any atom is -0.340 e. The van der Waals surface area contributed by atoms with Crippen LogP contribution in [-0.2, 0) is 4.79 Å². The first-order valence-electron chi connectivity index (χ1n) is 9.37. The van der Waals surface area contributed by atoms with Gasteiger partial charge in [-0.15, -0.1) is 0 Å². The highest BCUT2D eigenvalue weighted by Gasteiger charge is 2.28. The SMILES string of the molecule is CC(C)CC(=O)N1CCN([C@H](c2ccccc2)c2ccc(F)cc2)CC1. The van der Waals surface area contributed by atoms with Gasteiger partial charge >= 0.3 is 0 Å². The van der Waals surface area contributed by atoms with E-state index < -0.39 is 0 Å². The molecule has 0 radical (unpaired) electrons. The number of piperazine rings is 1. The molecule has 1 heterocycles. The second-order valence-corrected chi connectivity index (χ2v) is 7.38. The predicted octanol–water partition coefficient (Wildman–Crippen LogP) is 4.11. The lowest BCUT2D eigenvalue weighted by Gasteiger charge is -2.40. The molecule has 1 aliphatic rings. The monoisotopic (exact) mass is 354 g/mol. The van der Waals surface area contributed by atoms with Crippen molar-refractivity contribution >= 4 is 5.91 Å². The number of hydrogen-bond acceptors (Lipinski definition) is 2. The van der Waals surface area contributed by atoms with E-state index in [2.05, 4.69) is 30.9 Å². The molecule has 1 atom stereocenters. The van der Waals surface area contributed by atoms with Crippen molar-refractivity contribution in [3.8, 4) is 0 Å². The molecule has 2 aromatic rings. The van der Waals surface area contributed by atoms with Crippen molar-refractivity contribution in [2.75, 3.05) is 26.2 Å². The van der Waals surface area contributed by atoms with Crippen LogP contribution in [0.3, 0.4) is 0 Å². The van der Waals surface area contributed by atoms with Gasteiger partial charge in [-0.25, -0.2) is 4.39 Å². The van der Waals surface area contributed by atoms with Crippen LogP contribution in [0.4, 0.5) is 4.39 Å². The highest BCUT2D eigenvalue weighted by molar-refractivity contribution is 5.76. The molecule has 3 rings (SSSR count). The van der Waals surface area contributed by atoms with Crippen LogP contribution in [-0.4, -0.2) is 41.9 Å². The Bertz CT molecular complexity index is 707. The number of carbonyl (C=O) groups is 1. The molecule has 0 spiro atoms. The van der Waals surface area contributed by atoms with Crippen LogP contribution in [0.25, 0.3) is 0 Å². The Morgan fingerprint density at radius 2 is 1.50 bits per heavy atom. The van der Waals surface area contributed by atoms with Gasteiger partial charge in [0.25, 0.3) is 0 Å². The van der Waals surface area contributed by atoms with Gasteiger partial charge in [0, 0.05) is 32.6 Å². The molecule has 1 saturated heterocycles. The molecular formula is C22H27FN2O. The number of halogens is 1. The van der Waals surface area contributed by atoms with Gasteiger partial charge in [-0.1, -0.05) is 56.3 Å². The van der Waals surface area contributed by atoms with E-state index in [0.29, 0.717) is 12.3 Å². The molecule has 0 aliphatic carbocycles. The van der Waals surface area contributed by atoms with Crippen molar-refractivity contribution < 1.29 is 9.18 Å². The van der Waals surface area contributed by atoms with Crippen LogP contribution in [0.5, 0.6) is 0 Å². The first-order valence-corrected chi connectivity index (χ1v) is 9.37. The summed E-state index contributed by atoms with van der Waals surface area (Å²) in [6.45, 7) is 7.29. The first kappa shape index (κ1) is 18.6. The third-order valence-corrected chi connectivity index (χ3v) is 4.92. The van der Waals surface area contributed by atoms with Gasteiger partial charge in [0.15, 0.2) is 0 Å². The third-order valence-electron chi connectivity index (χ3n) is 4.92. The van der Waals surface area contributed by atoms with Crippen LogP contribution in [0, 0.1) is 11.7 Å². The summed E-state index contributed by atoms with van der Waals surface area (Å²) in [6.07, 6.45) is 0.611. The van der Waals surface area contributed by atoms with Crippen LogP contribution in [0.1, 0.15) is 37.4 Å². The molecule has 138 valence electrons. The average Bonchev–Trinajstić information content (AvgIpc) is 2.64. The van der Waals surface area contributed by atoms with E-state index in [1.807, 2.05) is 35.2 Å². The van der Waals surface area contributed by atoms with Crippen molar-refractivity contribution in [2.45, 2.75) is 26.3 Å². The molecule has 0 aromatic heterocycles. The topological polar surface area (TPSA) is 23.6 Å². The van der Waals surface area contributed by atoms with Gasteiger partial charge in [-0.3, -0.25) is 9.69 Å². The fourth-order valence-electron chi connectivity index (χ4n) is 3.60. The van der Waals surface area contributed by atoms with E-state index in [0.717, 1.165) is 31.7 Å². The lowest BCUT2D eigenvalue weighted by atomic mass is 9.96. The van der Waals surface area contributed by atoms with Crippen LogP contribution < -0.4 is 0 Å². The molecule has 4 heteroatoms. The van der Waals surface area contributed by atoms with Gasteiger partial charge in [0.2, 0.25) is 5.91 Å². The van der Waals surface area contributed by atoms with E-state index in [4.69, 9.17) is 0 Å². The molecule has 26 heavy (non-hydrogen) atoms. The van der Waals surface area contributed by atoms with Crippen molar-refractivity contribution in [1.82, 2.24) is 9.80 Å². The van der Waals surface area contributed by atoms with Crippen molar-refractivity contribution in [1.29, 1.82) is 0 Å². The van der Waals surface area contributed by atoms with E-state index in [1.54, 1.807) is 0 Å². The van der Waals surface area contributed by atoms with E-state index >= 15 is 0 Å². The van der Waals surface area contributed by atoms with E-state index in [1.165, 1.54) is 17.7 Å². The molecule has 0 N–H and O–H groups in total. The molecular weight excluding hydrogens is 327 g/mol. The maximum Gasteiger partial charge on any atom is 0.222 e. The number of rotatable bonds is 5. The fourth-order valence-corrected chi connectivity index (χ4v) is 3.60. The van der Waals surface area contributed by atoms with Gasteiger partial charge in [0.05, 0.1) is 6.04 Å². The second-order valence-electron chi connectivity index (χ2n) is 7.38. The second kappa shape index (κ2) is 8.45. The van der Waals surface area contributed by atoms with E-state index in [-0.39, 0.29) is 17.8 Å². The van der Waals surface area contributed by atoms with Gasteiger partial charge < -0.3 is 4.90 Å². The minimum atomic E-state index is -0.218. The largest absolute Gasteiger partial charge is 0.340 e. The number of benzene rings is 2. The zero-order valence-corrected chi connectivity index (χ0v) is 15.6. The zero-order valence-electron chi connectivity index (χ0n) is 15.6. The first-order chi connectivity index (χ1) is 12.5. The zero-order chi connectivity index (χ0) is 18.5. The summed E-state index contributed by atoms with van der Waals surface area (Å²) in [5, 5.41) is 0. The van der Waals surface area contributed by atoms with Crippen molar-refractivity contribution in [3.63, 3.8) is 0 Å². The lowest BCUT2D eigenvalue weighted by molar-refractivity contribution is -0.133. The summed E-state index contributed by atoms with van der Waals surface area (Å²) in [6, 6.07) is 17.2. The Morgan fingerprint density at radius 3 is 2.08 bits per heavy atom. The number of nitrogens with zero attached hydrogens (tertiary/aromatic N) is 2. The predicted molar refractivity (Wildman–Crippen MR) is 102 cm³/mol. The maximum atomic E-state index is 13.4. The number of amides is 1. The molecule has 2 aromatic carbocycles. The summed E-state index contributed by atoms with van der Waals surface area (Å²) in [5.74, 6) is 0.416. The van der Waals surface area contributed by atoms with Gasteiger partial charge in [-0.05, 0) is 29.2 Å². The molecule has 1 fully saturated rings. The van der Waals surface area contributed by atoms with Crippen molar-refractivity contribution in [2.24, 2.45) is 5.92 Å². The van der Waals surface area contributed by atoms with E-state index in [9.17, 15) is 9.18 Å². The Kier molecular flexibility index (Phi) is 6.04. The maximum absolute atomic E-state index is 13.4. The minimum absolute atomic E-state index is 0.0825. The Labute approximate surface area is 155 Å².